The van der Waals surface area contributed by atoms with Crippen LogP contribution in [0.4, 0.5) is 5.69 Å². The van der Waals surface area contributed by atoms with Crippen molar-refractivity contribution < 1.29 is 9.53 Å². The summed E-state index contributed by atoms with van der Waals surface area (Å²) in [7, 11) is 0. The highest BCUT2D eigenvalue weighted by Crippen LogP contribution is 2.21. The van der Waals surface area contributed by atoms with Gasteiger partial charge >= 0.3 is 0 Å². The number of carbonyl (C=O) groups excluding carboxylic acids is 1. The zero-order chi connectivity index (χ0) is 12.8. The van der Waals surface area contributed by atoms with Gasteiger partial charge in [-0.15, -0.1) is 0 Å². The summed E-state index contributed by atoms with van der Waals surface area (Å²) in [6.07, 6.45) is 0.627. The second-order valence-electron chi connectivity index (χ2n) is 3.91. The average molecular weight is 236 g/mol. The van der Waals surface area contributed by atoms with Gasteiger partial charge in [0.25, 0.3) is 0 Å². The number of ether oxygens (including phenoxy) is 1. The minimum atomic E-state index is -0.457. The van der Waals surface area contributed by atoms with E-state index in [9.17, 15) is 4.79 Å². The summed E-state index contributed by atoms with van der Waals surface area (Å²) in [5.74, 6) is 0.655. The Balaban J connectivity index is 2.75. The number of carbonyl (C=O) groups is 1. The summed E-state index contributed by atoms with van der Waals surface area (Å²) in [6.45, 7) is 6.38. The molecule has 0 aliphatic heterocycles. The molecule has 3 N–H and O–H groups in total. The highest BCUT2D eigenvalue weighted by atomic mass is 16.5. The molecule has 1 rings (SSSR count). The zero-order valence-corrected chi connectivity index (χ0v) is 10.6. The molecule has 0 aliphatic rings. The smallest absolute Gasteiger partial charge is 0.241 e. The number of nitrogens with one attached hydrogen (secondary N) is 1. The molecule has 4 nitrogen and oxygen atoms in total. The van der Waals surface area contributed by atoms with Crippen molar-refractivity contribution in [2.45, 2.75) is 33.2 Å². The standard InChI is InChI=1S/C13H20N2O2/c1-4-11(14)13(16)15-12-7-6-10(17-5-2)8-9(12)3/h6-8,11H,4-5,14H2,1-3H3,(H,15,16). The van der Waals surface area contributed by atoms with Crippen molar-refractivity contribution >= 4 is 11.6 Å². The van der Waals surface area contributed by atoms with Gasteiger partial charge in [-0.3, -0.25) is 4.79 Å². The van der Waals surface area contributed by atoms with Crippen molar-refractivity contribution in [1.29, 1.82) is 0 Å². The fraction of sp³-hybridized carbons (Fsp3) is 0.462. The van der Waals surface area contributed by atoms with E-state index in [4.69, 9.17) is 10.5 Å². The third-order valence-electron chi connectivity index (χ3n) is 2.54. The minimum absolute atomic E-state index is 0.153. The summed E-state index contributed by atoms with van der Waals surface area (Å²) in [6, 6.07) is 5.11. The van der Waals surface area contributed by atoms with Crippen molar-refractivity contribution in [3.63, 3.8) is 0 Å². The van der Waals surface area contributed by atoms with Crippen LogP contribution in [0.25, 0.3) is 0 Å². The molecule has 1 aromatic carbocycles. The van der Waals surface area contributed by atoms with Gasteiger partial charge in [0.15, 0.2) is 0 Å². The lowest BCUT2D eigenvalue weighted by Crippen LogP contribution is -2.34. The van der Waals surface area contributed by atoms with Crippen LogP contribution in [-0.2, 0) is 4.79 Å². The Labute approximate surface area is 102 Å². The predicted molar refractivity (Wildman–Crippen MR) is 69.2 cm³/mol. The van der Waals surface area contributed by atoms with Crippen molar-refractivity contribution in [2.24, 2.45) is 5.73 Å². The van der Waals surface area contributed by atoms with Gasteiger partial charge in [0.05, 0.1) is 12.6 Å². The number of benzene rings is 1. The van der Waals surface area contributed by atoms with Crippen molar-refractivity contribution in [2.75, 3.05) is 11.9 Å². The molecule has 1 aromatic rings. The maximum Gasteiger partial charge on any atom is 0.241 e. The van der Waals surface area contributed by atoms with Crippen LogP contribution >= 0.6 is 0 Å². The fourth-order valence-electron chi connectivity index (χ4n) is 1.44. The van der Waals surface area contributed by atoms with Crippen molar-refractivity contribution in [3.8, 4) is 5.75 Å². The van der Waals surface area contributed by atoms with E-state index in [1.165, 1.54) is 0 Å². The quantitative estimate of drug-likeness (QED) is 0.822. The first kappa shape index (κ1) is 13.5. The second kappa shape index (κ2) is 6.25. The summed E-state index contributed by atoms with van der Waals surface area (Å²) in [4.78, 5) is 11.6. The third-order valence-corrected chi connectivity index (χ3v) is 2.54. The van der Waals surface area contributed by atoms with E-state index in [1.807, 2.05) is 39.0 Å². The van der Waals surface area contributed by atoms with E-state index in [-0.39, 0.29) is 5.91 Å². The molecule has 1 atom stereocenters. The van der Waals surface area contributed by atoms with Crippen LogP contribution in [0.5, 0.6) is 5.75 Å². The molecule has 1 unspecified atom stereocenters. The van der Waals surface area contributed by atoms with E-state index >= 15 is 0 Å². The molecule has 0 aromatic heterocycles. The van der Waals surface area contributed by atoms with Gasteiger partial charge in [0.2, 0.25) is 5.91 Å². The number of amides is 1. The zero-order valence-electron chi connectivity index (χ0n) is 10.6. The van der Waals surface area contributed by atoms with Crippen LogP contribution < -0.4 is 15.8 Å². The van der Waals surface area contributed by atoms with Gasteiger partial charge < -0.3 is 15.8 Å². The minimum Gasteiger partial charge on any atom is -0.494 e. The molecular formula is C13H20N2O2. The van der Waals surface area contributed by atoms with Gasteiger partial charge in [-0.05, 0) is 44.0 Å². The van der Waals surface area contributed by atoms with Crippen molar-refractivity contribution in [1.82, 2.24) is 0 Å². The number of hydrogen-bond acceptors (Lipinski definition) is 3. The molecule has 0 saturated carbocycles. The fourth-order valence-corrected chi connectivity index (χ4v) is 1.44. The number of rotatable bonds is 5. The van der Waals surface area contributed by atoms with Gasteiger partial charge in [-0.25, -0.2) is 0 Å². The van der Waals surface area contributed by atoms with Gasteiger partial charge in [-0.2, -0.15) is 0 Å². The van der Waals surface area contributed by atoms with Crippen LogP contribution in [0.15, 0.2) is 18.2 Å². The van der Waals surface area contributed by atoms with Crippen LogP contribution in [0.2, 0.25) is 0 Å². The molecule has 0 aliphatic carbocycles. The molecule has 0 radical (unpaired) electrons. The maximum absolute atomic E-state index is 11.6. The van der Waals surface area contributed by atoms with E-state index in [2.05, 4.69) is 5.32 Å². The SMILES string of the molecule is CCOc1ccc(NC(=O)C(N)CC)c(C)c1. The molecule has 0 spiro atoms. The highest BCUT2D eigenvalue weighted by molar-refractivity contribution is 5.95. The number of anilines is 1. The first-order chi connectivity index (χ1) is 8.08. The lowest BCUT2D eigenvalue weighted by molar-refractivity contribution is -0.117. The first-order valence-corrected chi connectivity index (χ1v) is 5.88. The van der Waals surface area contributed by atoms with E-state index in [1.54, 1.807) is 0 Å². The molecule has 1 amide bonds. The van der Waals surface area contributed by atoms with E-state index in [0.717, 1.165) is 17.0 Å². The molecule has 0 heterocycles. The monoisotopic (exact) mass is 236 g/mol. The van der Waals surface area contributed by atoms with Gasteiger partial charge in [0, 0.05) is 5.69 Å². The van der Waals surface area contributed by atoms with Crippen LogP contribution in [0.1, 0.15) is 25.8 Å². The second-order valence-corrected chi connectivity index (χ2v) is 3.91. The molecular weight excluding hydrogens is 216 g/mol. The third kappa shape index (κ3) is 3.75. The Morgan fingerprint density at radius 1 is 1.47 bits per heavy atom. The summed E-state index contributed by atoms with van der Waals surface area (Å²) in [5, 5.41) is 2.81. The summed E-state index contributed by atoms with van der Waals surface area (Å²) >= 11 is 0. The molecule has 17 heavy (non-hydrogen) atoms. The topological polar surface area (TPSA) is 64.3 Å². The van der Waals surface area contributed by atoms with Crippen LogP contribution in [0, 0.1) is 6.92 Å². The Hall–Kier alpha value is -1.55. The van der Waals surface area contributed by atoms with E-state index in [0.29, 0.717) is 13.0 Å². The van der Waals surface area contributed by atoms with Gasteiger partial charge in [-0.1, -0.05) is 6.92 Å². The normalized spacial score (nSPS) is 12.0. The van der Waals surface area contributed by atoms with Gasteiger partial charge in [0.1, 0.15) is 5.75 Å². The highest BCUT2D eigenvalue weighted by Gasteiger charge is 2.12. The van der Waals surface area contributed by atoms with Crippen LogP contribution in [0.3, 0.4) is 0 Å². The lowest BCUT2D eigenvalue weighted by Gasteiger charge is -2.13. The summed E-state index contributed by atoms with van der Waals surface area (Å²) in [5.41, 5.74) is 7.40. The Bertz CT molecular complexity index is 391. The Kier molecular flexibility index (Phi) is 4.97. The van der Waals surface area contributed by atoms with Crippen molar-refractivity contribution in [3.05, 3.63) is 23.8 Å². The largest absolute Gasteiger partial charge is 0.494 e. The molecule has 94 valence electrons. The van der Waals surface area contributed by atoms with E-state index < -0.39 is 6.04 Å². The Morgan fingerprint density at radius 3 is 2.71 bits per heavy atom. The van der Waals surface area contributed by atoms with Crippen LogP contribution in [-0.4, -0.2) is 18.6 Å². The molecule has 0 fully saturated rings. The molecule has 0 bridgehead atoms. The predicted octanol–water partition coefficient (Wildman–Crippen LogP) is 2.07. The molecule has 0 saturated heterocycles. The summed E-state index contributed by atoms with van der Waals surface area (Å²) < 4.78 is 5.38. The number of aryl methyl sites for hydroxylation is 1. The molecule has 4 heteroatoms. The number of nitrogens with two attached hydrogens (primary N) is 1. The first-order valence-electron chi connectivity index (χ1n) is 5.88. The maximum atomic E-state index is 11.6. The lowest BCUT2D eigenvalue weighted by atomic mass is 10.1. The number of hydrogen-bond donors (Lipinski definition) is 2. The average Bonchev–Trinajstić information content (AvgIpc) is 2.31. The Morgan fingerprint density at radius 2 is 2.18 bits per heavy atom.